The third-order valence-electron chi connectivity index (χ3n) is 7.07. The molecule has 9 heteroatoms. The van der Waals surface area contributed by atoms with Gasteiger partial charge in [0, 0.05) is 19.0 Å². The minimum Gasteiger partial charge on any atom is -0.490 e. The van der Waals surface area contributed by atoms with E-state index >= 15 is 0 Å². The summed E-state index contributed by atoms with van der Waals surface area (Å²) in [5.74, 6) is 2.46. The van der Waals surface area contributed by atoms with Crippen molar-refractivity contribution < 1.29 is 28.5 Å². The first-order valence-corrected chi connectivity index (χ1v) is 11.7. The molecule has 0 bridgehead atoms. The Morgan fingerprint density at radius 2 is 1.68 bits per heavy atom. The monoisotopic (exact) mass is 465 g/mol. The molecule has 0 aromatic heterocycles. The van der Waals surface area contributed by atoms with Crippen LogP contribution in [-0.4, -0.2) is 55.0 Å². The van der Waals surface area contributed by atoms with E-state index in [4.69, 9.17) is 18.9 Å². The molecule has 2 aromatic carbocycles. The third-order valence-corrected chi connectivity index (χ3v) is 7.07. The number of rotatable bonds is 4. The van der Waals surface area contributed by atoms with Gasteiger partial charge in [-0.3, -0.25) is 9.69 Å². The van der Waals surface area contributed by atoms with Gasteiger partial charge in [-0.05, 0) is 55.2 Å². The zero-order valence-corrected chi connectivity index (χ0v) is 19.0. The highest BCUT2D eigenvalue weighted by Crippen LogP contribution is 2.40. The van der Waals surface area contributed by atoms with Crippen molar-refractivity contribution in [1.29, 1.82) is 0 Å². The summed E-state index contributed by atoms with van der Waals surface area (Å²) in [6, 6.07) is 11.1. The summed E-state index contributed by atoms with van der Waals surface area (Å²) in [6.07, 6.45) is 2.79. The van der Waals surface area contributed by atoms with E-state index in [0.29, 0.717) is 30.3 Å². The number of ether oxygens (including phenoxy) is 4. The van der Waals surface area contributed by atoms with Gasteiger partial charge in [-0.1, -0.05) is 12.1 Å². The number of benzene rings is 2. The number of hydrogen-bond acceptors (Lipinski definition) is 7. The molecule has 4 aliphatic heterocycles. The Kier molecular flexibility index (Phi) is 5.02. The number of amides is 3. The molecule has 9 nitrogen and oxygen atoms in total. The van der Waals surface area contributed by atoms with Crippen LogP contribution < -0.4 is 24.3 Å². The Labute approximate surface area is 197 Å². The van der Waals surface area contributed by atoms with Crippen LogP contribution in [0.25, 0.3) is 0 Å². The van der Waals surface area contributed by atoms with E-state index in [1.807, 2.05) is 12.1 Å². The number of fused-ring (bicyclic) bond motifs is 2. The third kappa shape index (κ3) is 3.42. The number of carbonyl (C=O) groups excluding carboxylic acids is 2. The van der Waals surface area contributed by atoms with E-state index in [2.05, 4.69) is 16.3 Å². The van der Waals surface area contributed by atoms with Crippen molar-refractivity contribution in [2.24, 2.45) is 0 Å². The highest BCUT2D eigenvalue weighted by Gasteiger charge is 2.50. The van der Waals surface area contributed by atoms with Crippen molar-refractivity contribution in [3.05, 3.63) is 47.5 Å². The molecule has 0 spiro atoms. The number of imide groups is 1. The van der Waals surface area contributed by atoms with Crippen molar-refractivity contribution in [3.8, 4) is 23.0 Å². The average molecular weight is 466 g/mol. The zero-order valence-electron chi connectivity index (χ0n) is 19.0. The number of likely N-dealkylation sites (tertiary alicyclic amines) is 1. The lowest BCUT2D eigenvalue weighted by molar-refractivity contribution is -0.132. The summed E-state index contributed by atoms with van der Waals surface area (Å²) in [7, 11) is 0. The van der Waals surface area contributed by atoms with Crippen LogP contribution >= 0.6 is 0 Å². The first-order valence-electron chi connectivity index (χ1n) is 11.7. The molecule has 2 fully saturated rings. The van der Waals surface area contributed by atoms with Gasteiger partial charge >= 0.3 is 6.03 Å². The summed E-state index contributed by atoms with van der Waals surface area (Å²) in [5.41, 5.74) is 0.605. The Balaban J connectivity index is 1.22. The Bertz CT molecular complexity index is 1150. The first-order chi connectivity index (χ1) is 16.5. The van der Waals surface area contributed by atoms with Gasteiger partial charge in [0.2, 0.25) is 6.79 Å². The summed E-state index contributed by atoms with van der Waals surface area (Å²) >= 11 is 0. The molecule has 2 aromatic rings. The molecule has 3 amide bonds. The Hall–Kier alpha value is -3.46. The van der Waals surface area contributed by atoms with Gasteiger partial charge in [-0.25, -0.2) is 9.69 Å². The molecular formula is C25H27N3O6. The van der Waals surface area contributed by atoms with Crippen LogP contribution in [0.1, 0.15) is 43.4 Å². The van der Waals surface area contributed by atoms with Crippen molar-refractivity contribution in [1.82, 2.24) is 15.1 Å². The highest BCUT2D eigenvalue weighted by molar-refractivity contribution is 6.07. The van der Waals surface area contributed by atoms with Gasteiger partial charge in [0.1, 0.15) is 5.54 Å². The second kappa shape index (κ2) is 8.09. The molecule has 0 radical (unpaired) electrons. The topological polar surface area (TPSA) is 89.6 Å². The second-order valence-electron chi connectivity index (χ2n) is 9.22. The largest absolute Gasteiger partial charge is 0.490 e. The average Bonchev–Trinajstić information content (AvgIpc) is 3.50. The SMILES string of the molecule is C[C@]1(c2ccc3c(c2)OCO3)NC(=O)N(CN2CCC[C@H]2c2ccc3c(c2)OCCCO3)C1=O. The van der Waals surface area contributed by atoms with Crippen LogP contribution in [-0.2, 0) is 10.3 Å². The Morgan fingerprint density at radius 1 is 0.941 bits per heavy atom. The minimum atomic E-state index is -1.16. The molecule has 0 saturated carbocycles. The maximum Gasteiger partial charge on any atom is 0.326 e. The van der Waals surface area contributed by atoms with Crippen molar-refractivity contribution in [2.75, 3.05) is 33.2 Å². The molecular weight excluding hydrogens is 438 g/mol. The number of urea groups is 1. The number of carbonyl (C=O) groups is 2. The number of hydrogen-bond donors (Lipinski definition) is 1. The van der Waals surface area contributed by atoms with E-state index in [-0.39, 0.29) is 25.4 Å². The van der Waals surface area contributed by atoms with E-state index in [9.17, 15) is 9.59 Å². The molecule has 0 unspecified atom stereocenters. The van der Waals surface area contributed by atoms with E-state index < -0.39 is 11.6 Å². The molecule has 1 N–H and O–H groups in total. The van der Waals surface area contributed by atoms with Crippen LogP contribution in [0.3, 0.4) is 0 Å². The molecule has 4 heterocycles. The van der Waals surface area contributed by atoms with Gasteiger partial charge in [0.05, 0.1) is 19.9 Å². The van der Waals surface area contributed by atoms with E-state index in [1.54, 1.807) is 25.1 Å². The van der Waals surface area contributed by atoms with Gasteiger partial charge in [-0.15, -0.1) is 0 Å². The quantitative estimate of drug-likeness (QED) is 0.694. The summed E-state index contributed by atoms with van der Waals surface area (Å²) < 4.78 is 22.5. The first kappa shape index (κ1) is 21.1. The molecule has 2 saturated heterocycles. The summed E-state index contributed by atoms with van der Waals surface area (Å²) in [4.78, 5) is 29.9. The maximum atomic E-state index is 13.5. The van der Waals surface area contributed by atoms with Gasteiger partial charge in [0.15, 0.2) is 23.0 Å². The van der Waals surface area contributed by atoms with Crippen molar-refractivity contribution in [2.45, 2.75) is 37.8 Å². The fraction of sp³-hybridized carbons (Fsp3) is 0.440. The van der Waals surface area contributed by atoms with Crippen molar-refractivity contribution >= 4 is 11.9 Å². The Morgan fingerprint density at radius 3 is 2.56 bits per heavy atom. The fourth-order valence-corrected chi connectivity index (χ4v) is 5.17. The molecule has 6 rings (SSSR count). The van der Waals surface area contributed by atoms with E-state index in [1.165, 1.54) is 4.90 Å². The fourth-order valence-electron chi connectivity index (χ4n) is 5.17. The standard InChI is InChI=1S/C25H27N3O6/c1-25(17-6-8-20-22(13-17)34-15-33-20)23(29)28(24(30)26-25)14-27-9-2-4-18(27)16-5-7-19-21(12-16)32-11-3-10-31-19/h5-8,12-13,18H,2-4,9-11,14-15H2,1H3,(H,26,30)/t18-,25+/m0/s1. The van der Waals surface area contributed by atoms with Crippen LogP contribution in [0, 0.1) is 0 Å². The summed E-state index contributed by atoms with van der Waals surface area (Å²) in [5, 5.41) is 2.89. The van der Waals surface area contributed by atoms with Gasteiger partial charge < -0.3 is 24.3 Å². The smallest absolute Gasteiger partial charge is 0.326 e. The van der Waals surface area contributed by atoms with Crippen molar-refractivity contribution in [3.63, 3.8) is 0 Å². The van der Waals surface area contributed by atoms with E-state index in [0.717, 1.165) is 42.9 Å². The van der Waals surface area contributed by atoms with Gasteiger partial charge in [-0.2, -0.15) is 0 Å². The van der Waals surface area contributed by atoms with Crippen LogP contribution in [0.15, 0.2) is 36.4 Å². The minimum absolute atomic E-state index is 0.0927. The molecule has 2 atom stereocenters. The predicted molar refractivity (Wildman–Crippen MR) is 121 cm³/mol. The molecule has 178 valence electrons. The van der Waals surface area contributed by atoms with Crippen LogP contribution in [0.2, 0.25) is 0 Å². The second-order valence-corrected chi connectivity index (χ2v) is 9.22. The maximum absolute atomic E-state index is 13.5. The predicted octanol–water partition coefficient (Wildman–Crippen LogP) is 3.14. The lowest BCUT2D eigenvalue weighted by atomic mass is 9.92. The number of nitrogens with zero attached hydrogens (tertiary/aromatic N) is 2. The highest BCUT2D eigenvalue weighted by atomic mass is 16.7. The normalized spacial score (nSPS) is 26.0. The number of nitrogens with one attached hydrogen (secondary N) is 1. The zero-order chi connectivity index (χ0) is 23.3. The van der Waals surface area contributed by atoms with Crippen LogP contribution in [0.4, 0.5) is 4.79 Å². The van der Waals surface area contributed by atoms with Gasteiger partial charge in [0.25, 0.3) is 5.91 Å². The van der Waals surface area contributed by atoms with Crippen LogP contribution in [0.5, 0.6) is 23.0 Å². The summed E-state index contributed by atoms with van der Waals surface area (Å²) in [6.45, 7) is 4.19. The lowest BCUT2D eigenvalue weighted by Gasteiger charge is -2.29. The lowest BCUT2D eigenvalue weighted by Crippen LogP contribution is -2.43. The molecule has 0 aliphatic carbocycles. The molecule has 34 heavy (non-hydrogen) atoms. The molecule has 4 aliphatic rings.